The minimum Gasteiger partial charge on any atom is -0.466 e. The lowest BCUT2D eigenvalue weighted by Gasteiger charge is -2.31. The molecule has 8 nitrogen and oxygen atoms in total. The molecular formula is C13H17N3O5. The standard InChI is InChI=1S/C13H17N3O5/c1-2-21-12(19)8-4-3-5-16(7-8)11(18)9-6-10(17)15-13(20)14-9/h6,8H,2-5,7H2,1H3,(H2,14,15,17,20)/t8-/m0/s1. The Morgan fingerprint density at radius 1 is 1.38 bits per heavy atom. The van der Waals surface area contributed by atoms with E-state index in [9.17, 15) is 19.2 Å². The molecule has 0 saturated carbocycles. The van der Waals surface area contributed by atoms with E-state index in [1.807, 2.05) is 4.98 Å². The highest BCUT2D eigenvalue weighted by Gasteiger charge is 2.30. The fraction of sp³-hybridized carbons (Fsp3) is 0.538. The molecule has 0 spiro atoms. The Bertz CT molecular complexity index is 619. The van der Waals surface area contributed by atoms with E-state index >= 15 is 0 Å². The fourth-order valence-corrected chi connectivity index (χ4v) is 2.37. The van der Waals surface area contributed by atoms with Crippen molar-refractivity contribution < 1.29 is 14.3 Å². The van der Waals surface area contributed by atoms with Crippen LogP contribution in [-0.2, 0) is 9.53 Å². The molecular weight excluding hydrogens is 278 g/mol. The number of amides is 1. The molecule has 114 valence electrons. The van der Waals surface area contributed by atoms with Crippen LogP contribution in [0, 0.1) is 5.92 Å². The summed E-state index contributed by atoms with van der Waals surface area (Å²) in [5.41, 5.74) is -1.45. The number of H-pyrrole nitrogens is 2. The number of hydrogen-bond donors (Lipinski definition) is 2. The van der Waals surface area contributed by atoms with Gasteiger partial charge in [-0.1, -0.05) is 0 Å². The summed E-state index contributed by atoms with van der Waals surface area (Å²) in [6.07, 6.45) is 1.33. The first kappa shape index (κ1) is 15.0. The van der Waals surface area contributed by atoms with Gasteiger partial charge in [0.1, 0.15) is 5.69 Å². The molecule has 21 heavy (non-hydrogen) atoms. The second-order valence-corrected chi connectivity index (χ2v) is 4.84. The molecule has 8 heteroatoms. The summed E-state index contributed by atoms with van der Waals surface area (Å²) in [5, 5.41) is 0. The Hall–Kier alpha value is -2.38. The Balaban J connectivity index is 2.13. The van der Waals surface area contributed by atoms with Crippen molar-refractivity contribution in [2.75, 3.05) is 19.7 Å². The summed E-state index contributed by atoms with van der Waals surface area (Å²) in [5.74, 6) is -1.15. The number of carbonyl (C=O) groups is 2. The molecule has 0 radical (unpaired) electrons. The first-order valence-corrected chi connectivity index (χ1v) is 6.80. The van der Waals surface area contributed by atoms with Crippen molar-refractivity contribution in [1.82, 2.24) is 14.9 Å². The van der Waals surface area contributed by atoms with E-state index in [0.29, 0.717) is 26.0 Å². The summed E-state index contributed by atoms with van der Waals surface area (Å²) in [4.78, 5) is 52.2. The van der Waals surface area contributed by atoms with E-state index < -0.39 is 17.2 Å². The Morgan fingerprint density at radius 3 is 2.81 bits per heavy atom. The van der Waals surface area contributed by atoms with Gasteiger partial charge in [0.05, 0.1) is 12.5 Å². The van der Waals surface area contributed by atoms with Crippen molar-refractivity contribution in [3.63, 3.8) is 0 Å². The average Bonchev–Trinajstić information content (AvgIpc) is 2.46. The Morgan fingerprint density at radius 2 is 2.14 bits per heavy atom. The molecule has 1 fully saturated rings. The van der Waals surface area contributed by atoms with E-state index in [-0.39, 0.29) is 24.1 Å². The zero-order valence-corrected chi connectivity index (χ0v) is 11.7. The molecule has 1 aromatic rings. The van der Waals surface area contributed by atoms with Crippen molar-refractivity contribution in [2.24, 2.45) is 5.92 Å². The van der Waals surface area contributed by atoms with Gasteiger partial charge in [-0.3, -0.25) is 19.4 Å². The third-order valence-electron chi connectivity index (χ3n) is 3.32. The maximum Gasteiger partial charge on any atom is 0.326 e. The van der Waals surface area contributed by atoms with Gasteiger partial charge in [0.15, 0.2) is 0 Å². The number of piperidine rings is 1. The lowest BCUT2D eigenvalue weighted by atomic mass is 9.98. The number of carbonyl (C=O) groups excluding carboxylic acids is 2. The van der Waals surface area contributed by atoms with Gasteiger partial charge in [-0.25, -0.2) is 4.79 Å². The van der Waals surface area contributed by atoms with E-state index in [1.165, 1.54) is 4.90 Å². The molecule has 1 aliphatic heterocycles. The summed E-state index contributed by atoms with van der Waals surface area (Å²) < 4.78 is 4.96. The van der Waals surface area contributed by atoms with E-state index in [2.05, 4.69) is 4.98 Å². The van der Waals surface area contributed by atoms with Crippen LogP contribution in [0.1, 0.15) is 30.3 Å². The van der Waals surface area contributed by atoms with Crippen LogP contribution in [0.5, 0.6) is 0 Å². The number of nitrogens with zero attached hydrogens (tertiary/aromatic N) is 1. The topological polar surface area (TPSA) is 112 Å². The number of aromatic amines is 2. The van der Waals surface area contributed by atoms with Crippen LogP contribution < -0.4 is 11.2 Å². The van der Waals surface area contributed by atoms with Crippen LogP contribution in [0.3, 0.4) is 0 Å². The number of hydrogen-bond acceptors (Lipinski definition) is 5. The molecule has 2 N–H and O–H groups in total. The second-order valence-electron chi connectivity index (χ2n) is 4.84. The molecule has 0 aromatic carbocycles. The van der Waals surface area contributed by atoms with Gasteiger partial charge < -0.3 is 14.6 Å². The van der Waals surface area contributed by atoms with Crippen LogP contribution in [0.25, 0.3) is 0 Å². The van der Waals surface area contributed by atoms with E-state index in [1.54, 1.807) is 6.92 Å². The number of aromatic nitrogens is 2. The number of rotatable bonds is 3. The van der Waals surface area contributed by atoms with Crippen molar-refractivity contribution >= 4 is 11.9 Å². The van der Waals surface area contributed by atoms with E-state index in [4.69, 9.17) is 4.74 Å². The van der Waals surface area contributed by atoms with Gasteiger partial charge in [0.2, 0.25) is 0 Å². The molecule has 1 aromatic heterocycles. The monoisotopic (exact) mass is 295 g/mol. The number of likely N-dealkylation sites (tertiary alicyclic amines) is 1. The normalized spacial score (nSPS) is 18.3. The second kappa shape index (κ2) is 6.38. The maximum atomic E-state index is 12.3. The molecule has 0 aliphatic carbocycles. The Labute approximate surface area is 120 Å². The average molecular weight is 295 g/mol. The molecule has 1 amide bonds. The van der Waals surface area contributed by atoms with Gasteiger partial charge in [-0.2, -0.15) is 0 Å². The third kappa shape index (κ3) is 3.59. The minimum absolute atomic E-state index is 0.0757. The minimum atomic E-state index is -0.732. The SMILES string of the molecule is CCOC(=O)[C@H]1CCCN(C(=O)c2cc(=O)[nH]c(=O)[nH]2)C1. The van der Waals surface area contributed by atoms with Crippen LogP contribution in [0.4, 0.5) is 0 Å². The summed E-state index contributed by atoms with van der Waals surface area (Å²) >= 11 is 0. The smallest absolute Gasteiger partial charge is 0.326 e. The number of nitrogens with one attached hydrogen (secondary N) is 2. The lowest BCUT2D eigenvalue weighted by molar-refractivity contribution is -0.149. The van der Waals surface area contributed by atoms with Gasteiger partial charge in [-0.05, 0) is 19.8 Å². The van der Waals surface area contributed by atoms with E-state index in [0.717, 1.165) is 6.07 Å². The van der Waals surface area contributed by atoms with Crippen LogP contribution in [0.2, 0.25) is 0 Å². The van der Waals surface area contributed by atoms with Crippen molar-refractivity contribution in [2.45, 2.75) is 19.8 Å². The quantitative estimate of drug-likeness (QED) is 0.729. The van der Waals surface area contributed by atoms with Crippen molar-refractivity contribution in [1.29, 1.82) is 0 Å². The molecule has 1 aliphatic rings. The highest BCUT2D eigenvalue weighted by atomic mass is 16.5. The number of esters is 1. The van der Waals surface area contributed by atoms with Crippen molar-refractivity contribution in [3.8, 4) is 0 Å². The van der Waals surface area contributed by atoms with Gasteiger partial charge in [0, 0.05) is 19.2 Å². The molecule has 1 atom stereocenters. The first-order chi connectivity index (χ1) is 10.0. The highest BCUT2D eigenvalue weighted by molar-refractivity contribution is 5.92. The molecule has 2 rings (SSSR count). The summed E-state index contributed by atoms with van der Waals surface area (Å²) in [6, 6.07) is 1.04. The third-order valence-corrected chi connectivity index (χ3v) is 3.32. The summed E-state index contributed by atoms with van der Waals surface area (Å²) in [6.45, 7) is 2.73. The van der Waals surface area contributed by atoms with Gasteiger partial charge in [-0.15, -0.1) is 0 Å². The van der Waals surface area contributed by atoms with Gasteiger partial charge in [0.25, 0.3) is 11.5 Å². The predicted octanol–water partition coefficient (Wildman–Crippen LogP) is -0.521. The largest absolute Gasteiger partial charge is 0.466 e. The van der Waals surface area contributed by atoms with Gasteiger partial charge >= 0.3 is 11.7 Å². The lowest BCUT2D eigenvalue weighted by Crippen LogP contribution is -2.44. The molecule has 1 saturated heterocycles. The Kier molecular flexibility index (Phi) is 4.56. The molecule has 0 unspecified atom stereocenters. The number of ether oxygens (including phenoxy) is 1. The predicted molar refractivity (Wildman–Crippen MR) is 72.9 cm³/mol. The fourth-order valence-electron chi connectivity index (χ4n) is 2.37. The zero-order valence-electron chi connectivity index (χ0n) is 11.7. The molecule has 0 bridgehead atoms. The zero-order chi connectivity index (χ0) is 15.4. The maximum absolute atomic E-state index is 12.3. The highest BCUT2D eigenvalue weighted by Crippen LogP contribution is 2.19. The van der Waals surface area contributed by atoms with Crippen molar-refractivity contribution in [3.05, 3.63) is 32.6 Å². The van der Waals surface area contributed by atoms with Crippen LogP contribution in [0.15, 0.2) is 15.7 Å². The first-order valence-electron chi connectivity index (χ1n) is 6.80. The van der Waals surface area contributed by atoms with Crippen LogP contribution in [-0.4, -0.2) is 46.4 Å². The van der Waals surface area contributed by atoms with Crippen LogP contribution >= 0.6 is 0 Å². The summed E-state index contributed by atoms with van der Waals surface area (Å²) in [7, 11) is 0. The molecule has 2 heterocycles.